The molecule has 0 unspecified atom stereocenters. The standard InChI is InChI=1S/C48H41BN2OS/c1-26-22-33(29-14-11-15-32-42(29)50-43-31-13-8-10-17-40(31)53-46(32)43)41-38(23-26)51(37-25-35-34(24-27(37)2)47(3,4)20-21-48(35,5)6)44-36(49-41)19-18-30-28-12-7-9-16-39(28)52-45(30)44/h7-19,22-25,49-50H,20-21H2,1-6H3. The fourth-order valence-corrected chi connectivity index (χ4v) is 10.9. The van der Waals surface area contributed by atoms with Gasteiger partial charge < -0.3 is 14.3 Å². The number of aryl methyl sites for hydroxylation is 2. The molecular formula is C48H41BN2OS. The molecule has 0 saturated heterocycles. The number of hydrogen-bond acceptors (Lipinski definition) is 3. The molecule has 0 radical (unpaired) electrons. The lowest BCUT2D eigenvalue weighted by Gasteiger charge is -2.43. The molecule has 1 N–H and O–H groups in total. The minimum absolute atomic E-state index is 0.0815. The molecule has 0 amide bonds. The van der Waals surface area contributed by atoms with E-state index in [1.165, 1.54) is 111 Å². The zero-order chi connectivity index (χ0) is 36.0. The lowest BCUT2D eigenvalue weighted by atomic mass is 9.57. The fraction of sp³-hybridized carbons (Fsp3) is 0.208. The maximum absolute atomic E-state index is 6.86. The van der Waals surface area contributed by atoms with Crippen LogP contribution in [0.1, 0.15) is 62.8 Å². The molecule has 5 heteroatoms. The molecule has 11 rings (SSSR count). The molecular weight excluding hydrogens is 663 g/mol. The topological polar surface area (TPSA) is 32.2 Å². The summed E-state index contributed by atoms with van der Waals surface area (Å²) in [5.74, 6) is 0. The van der Waals surface area contributed by atoms with Crippen LogP contribution in [0, 0.1) is 13.8 Å². The highest BCUT2D eigenvalue weighted by Gasteiger charge is 2.39. The number of aromatic amines is 1. The van der Waals surface area contributed by atoms with Gasteiger partial charge >= 0.3 is 0 Å². The van der Waals surface area contributed by atoms with Crippen molar-refractivity contribution in [3.8, 4) is 11.1 Å². The Hall–Kier alpha value is -5.26. The average molecular weight is 705 g/mol. The van der Waals surface area contributed by atoms with Crippen molar-refractivity contribution in [2.75, 3.05) is 4.90 Å². The van der Waals surface area contributed by atoms with Gasteiger partial charge in [-0.05, 0) is 95.1 Å². The molecule has 0 saturated carbocycles. The first kappa shape index (κ1) is 31.3. The van der Waals surface area contributed by atoms with E-state index in [0.29, 0.717) is 0 Å². The lowest BCUT2D eigenvalue weighted by Crippen LogP contribution is -2.41. The Kier molecular flexibility index (Phi) is 6.30. The number of benzene rings is 6. The maximum atomic E-state index is 6.86. The van der Waals surface area contributed by atoms with Crippen LogP contribution in [0.5, 0.6) is 0 Å². The summed E-state index contributed by atoms with van der Waals surface area (Å²) in [4.78, 5) is 6.51. The molecule has 3 nitrogen and oxygen atoms in total. The zero-order valence-electron chi connectivity index (χ0n) is 31.2. The van der Waals surface area contributed by atoms with Crippen LogP contribution < -0.4 is 15.8 Å². The van der Waals surface area contributed by atoms with Gasteiger partial charge in [0.15, 0.2) is 12.9 Å². The molecule has 1 aliphatic heterocycles. The molecule has 0 bridgehead atoms. The first-order chi connectivity index (χ1) is 25.6. The van der Waals surface area contributed by atoms with E-state index in [9.17, 15) is 0 Å². The van der Waals surface area contributed by atoms with Crippen molar-refractivity contribution in [2.24, 2.45) is 0 Å². The van der Waals surface area contributed by atoms with E-state index in [2.05, 4.69) is 155 Å². The van der Waals surface area contributed by atoms with Crippen LogP contribution in [0.2, 0.25) is 0 Å². The van der Waals surface area contributed by atoms with Gasteiger partial charge in [-0.2, -0.15) is 0 Å². The second-order valence-corrected chi connectivity index (χ2v) is 18.0. The molecule has 1 aliphatic carbocycles. The van der Waals surface area contributed by atoms with E-state index < -0.39 is 0 Å². The monoisotopic (exact) mass is 704 g/mol. The number of fused-ring (bicyclic) bond motifs is 12. The van der Waals surface area contributed by atoms with Crippen molar-refractivity contribution < 1.29 is 4.42 Å². The number of aromatic nitrogens is 1. The Bertz CT molecular complexity index is 3030. The van der Waals surface area contributed by atoms with E-state index in [0.717, 1.165) is 23.8 Å². The summed E-state index contributed by atoms with van der Waals surface area (Å²) >= 11 is 1.89. The van der Waals surface area contributed by atoms with Crippen molar-refractivity contribution in [3.05, 3.63) is 125 Å². The third-order valence-electron chi connectivity index (χ3n) is 12.7. The smallest absolute Gasteiger partial charge is 0.198 e. The Morgan fingerprint density at radius 3 is 2.25 bits per heavy atom. The van der Waals surface area contributed by atoms with Gasteiger partial charge in [0.05, 0.1) is 21.4 Å². The summed E-state index contributed by atoms with van der Waals surface area (Å²) in [7, 11) is 0.820. The van der Waals surface area contributed by atoms with Crippen LogP contribution in [-0.2, 0) is 10.8 Å². The van der Waals surface area contributed by atoms with Gasteiger partial charge in [0.1, 0.15) is 5.58 Å². The number of para-hydroxylation sites is 2. The Morgan fingerprint density at radius 1 is 0.679 bits per heavy atom. The van der Waals surface area contributed by atoms with Crippen molar-refractivity contribution >= 4 is 99.7 Å². The number of furan rings is 1. The molecule has 4 heterocycles. The predicted octanol–water partition coefficient (Wildman–Crippen LogP) is 12.2. The van der Waals surface area contributed by atoms with Crippen LogP contribution >= 0.6 is 11.3 Å². The number of anilines is 3. The largest absolute Gasteiger partial charge is 0.454 e. The summed E-state index contributed by atoms with van der Waals surface area (Å²) in [6.07, 6.45) is 2.37. The van der Waals surface area contributed by atoms with Gasteiger partial charge in [-0.25, -0.2) is 0 Å². The van der Waals surface area contributed by atoms with E-state index in [4.69, 9.17) is 4.42 Å². The van der Waals surface area contributed by atoms with E-state index in [-0.39, 0.29) is 10.8 Å². The second-order valence-electron chi connectivity index (χ2n) is 17.0. The predicted molar refractivity (Wildman–Crippen MR) is 230 cm³/mol. The van der Waals surface area contributed by atoms with Gasteiger partial charge in [-0.1, -0.05) is 112 Å². The van der Waals surface area contributed by atoms with Crippen LogP contribution in [-0.4, -0.2) is 12.3 Å². The Balaban J connectivity index is 1.22. The molecule has 53 heavy (non-hydrogen) atoms. The first-order valence-corrected chi connectivity index (χ1v) is 19.8. The molecule has 6 aromatic carbocycles. The van der Waals surface area contributed by atoms with Crippen LogP contribution in [0.25, 0.3) is 64.3 Å². The maximum Gasteiger partial charge on any atom is 0.198 e. The quantitative estimate of drug-likeness (QED) is 0.182. The third kappa shape index (κ3) is 4.35. The SMILES string of the molecule is Cc1cc(-c2cccc3c2[nH]c2c4ccccc4sc32)c2c(c1)N(c1cc3c(cc1C)C(C)(C)CCC3(C)C)c1c(ccc3c1oc1ccccc13)B2. The van der Waals surface area contributed by atoms with E-state index >= 15 is 0 Å². The van der Waals surface area contributed by atoms with Gasteiger partial charge in [0.25, 0.3) is 0 Å². The number of nitrogens with zero attached hydrogens (tertiary/aromatic N) is 1. The normalized spacial score (nSPS) is 16.0. The van der Waals surface area contributed by atoms with Crippen molar-refractivity contribution in [1.82, 2.24) is 4.98 Å². The summed E-state index contributed by atoms with van der Waals surface area (Å²) in [5, 5.41) is 4.92. The van der Waals surface area contributed by atoms with E-state index in [1.807, 2.05) is 11.3 Å². The molecule has 0 atom stereocenters. The fourth-order valence-electron chi connectivity index (χ4n) is 9.72. The highest BCUT2D eigenvalue weighted by molar-refractivity contribution is 7.26. The van der Waals surface area contributed by atoms with Gasteiger partial charge in [-0.3, -0.25) is 0 Å². The van der Waals surface area contributed by atoms with Crippen LogP contribution in [0.4, 0.5) is 17.1 Å². The number of hydrogen-bond donors (Lipinski definition) is 1. The second kappa shape index (κ2) is 10.7. The van der Waals surface area contributed by atoms with Gasteiger partial charge in [0, 0.05) is 43.2 Å². The molecule has 0 spiro atoms. The minimum atomic E-state index is 0.0815. The van der Waals surface area contributed by atoms with Gasteiger partial charge in [0.2, 0.25) is 0 Å². The summed E-state index contributed by atoms with van der Waals surface area (Å²) in [6, 6.07) is 38.6. The number of thiophene rings is 1. The van der Waals surface area contributed by atoms with Crippen molar-refractivity contribution in [2.45, 2.75) is 65.2 Å². The third-order valence-corrected chi connectivity index (χ3v) is 13.9. The lowest BCUT2D eigenvalue weighted by molar-refractivity contribution is 0.332. The molecule has 3 aromatic heterocycles. The average Bonchev–Trinajstić information content (AvgIpc) is 3.83. The number of H-pyrrole nitrogens is 1. The van der Waals surface area contributed by atoms with Crippen LogP contribution in [0.3, 0.4) is 0 Å². The summed E-state index contributed by atoms with van der Waals surface area (Å²) in [6.45, 7) is 14.3. The first-order valence-electron chi connectivity index (χ1n) is 19.0. The number of nitrogens with one attached hydrogen (secondary N) is 1. The minimum Gasteiger partial charge on any atom is -0.454 e. The molecule has 9 aromatic rings. The Labute approximate surface area is 314 Å². The van der Waals surface area contributed by atoms with Crippen LogP contribution in [0.15, 0.2) is 108 Å². The summed E-state index contributed by atoms with van der Waals surface area (Å²) in [5.41, 5.74) is 18.9. The highest BCUT2D eigenvalue weighted by atomic mass is 32.1. The molecule has 258 valence electrons. The molecule has 2 aliphatic rings. The molecule has 0 fully saturated rings. The number of rotatable bonds is 2. The van der Waals surface area contributed by atoms with E-state index in [1.54, 1.807) is 0 Å². The zero-order valence-corrected chi connectivity index (χ0v) is 32.0. The van der Waals surface area contributed by atoms with Gasteiger partial charge in [-0.15, -0.1) is 11.3 Å². The highest BCUT2D eigenvalue weighted by Crippen LogP contribution is 2.51. The van der Waals surface area contributed by atoms with Crippen molar-refractivity contribution in [3.63, 3.8) is 0 Å². The summed E-state index contributed by atoms with van der Waals surface area (Å²) < 4.78 is 9.52. The van der Waals surface area contributed by atoms with Crippen molar-refractivity contribution in [1.29, 1.82) is 0 Å². The Morgan fingerprint density at radius 2 is 1.42 bits per heavy atom.